The number of para-hydroxylation sites is 1. The molecule has 0 fully saturated rings. The smallest absolute Gasteiger partial charge is 0.177 e. The van der Waals surface area contributed by atoms with Crippen LogP contribution in [0.25, 0.3) is 0 Å². The number of nitrogens with one attached hydrogen (secondary N) is 1. The first-order valence-electron chi connectivity index (χ1n) is 6.29. The normalized spacial score (nSPS) is 13.0. The maximum absolute atomic E-state index is 11.8. The van der Waals surface area contributed by atoms with Gasteiger partial charge in [-0.2, -0.15) is 0 Å². The number of hydrogen-bond acceptors (Lipinski definition) is 3. The Hall–Kier alpha value is -1.23. The molecule has 1 unspecified atom stereocenters. The van der Waals surface area contributed by atoms with Gasteiger partial charge in [-0.3, -0.25) is 0 Å². The summed E-state index contributed by atoms with van der Waals surface area (Å²) in [5, 5.41) is 4.29. The highest BCUT2D eigenvalue weighted by Crippen LogP contribution is 2.30. The van der Waals surface area contributed by atoms with Crippen molar-refractivity contribution in [3.63, 3.8) is 0 Å². The molecule has 21 heavy (non-hydrogen) atoms. The first-order valence-corrected chi connectivity index (χ1v) is 8.94. The lowest BCUT2D eigenvalue weighted by molar-refractivity contribution is 0.602. The van der Waals surface area contributed by atoms with Crippen molar-refractivity contribution in [2.45, 2.75) is 17.9 Å². The number of rotatable bonds is 4. The number of anilines is 1. The molecule has 0 spiro atoms. The lowest BCUT2D eigenvalue weighted by Gasteiger charge is -2.19. The number of sulfone groups is 1. The molecule has 0 heterocycles. The molecule has 1 atom stereocenters. The number of benzene rings is 2. The summed E-state index contributed by atoms with van der Waals surface area (Å²) in [6, 6.07) is 11.9. The lowest BCUT2D eigenvalue weighted by Crippen LogP contribution is -2.10. The van der Waals surface area contributed by atoms with Crippen LogP contribution in [-0.4, -0.2) is 14.7 Å². The van der Waals surface area contributed by atoms with Gasteiger partial charge in [0.15, 0.2) is 9.84 Å². The summed E-state index contributed by atoms with van der Waals surface area (Å²) in [7, 11) is -3.29. The van der Waals surface area contributed by atoms with Crippen molar-refractivity contribution in [1.82, 2.24) is 0 Å². The van der Waals surface area contributed by atoms with Gasteiger partial charge >= 0.3 is 0 Å². The van der Waals surface area contributed by atoms with Gasteiger partial charge in [-0.1, -0.05) is 41.4 Å². The Balaban J connectivity index is 2.34. The van der Waals surface area contributed by atoms with Crippen LogP contribution >= 0.6 is 23.2 Å². The van der Waals surface area contributed by atoms with Crippen LogP contribution in [0.15, 0.2) is 47.4 Å². The van der Waals surface area contributed by atoms with E-state index in [9.17, 15) is 8.42 Å². The molecule has 0 aromatic heterocycles. The second-order valence-electron chi connectivity index (χ2n) is 4.80. The van der Waals surface area contributed by atoms with Gasteiger partial charge in [-0.05, 0) is 36.8 Å². The molecule has 2 aromatic carbocycles. The van der Waals surface area contributed by atoms with Crippen molar-refractivity contribution in [2.24, 2.45) is 0 Å². The molecule has 0 radical (unpaired) electrons. The average Bonchev–Trinajstić information content (AvgIpc) is 2.37. The Labute approximate surface area is 134 Å². The van der Waals surface area contributed by atoms with E-state index in [1.165, 1.54) is 6.26 Å². The molecule has 0 saturated heterocycles. The van der Waals surface area contributed by atoms with E-state index in [2.05, 4.69) is 5.32 Å². The van der Waals surface area contributed by atoms with E-state index in [0.29, 0.717) is 15.7 Å². The quantitative estimate of drug-likeness (QED) is 0.884. The maximum Gasteiger partial charge on any atom is 0.177 e. The first-order chi connectivity index (χ1) is 9.79. The zero-order valence-corrected chi connectivity index (χ0v) is 13.9. The molecule has 2 aromatic rings. The molecule has 0 aliphatic rings. The third-order valence-electron chi connectivity index (χ3n) is 3.09. The zero-order valence-electron chi connectivity index (χ0n) is 11.6. The van der Waals surface area contributed by atoms with Crippen LogP contribution in [0.1, 0.15) is 18.5 Å². The highest BCUT2D eigenvalue weighted by atomic mass is 35.5. The van der Waals surface area contributed by atoms with Gasteiger partial charge in [-0.25, -0.2) is 8.42 Å². The second-order valence-corrected chi connectivity index (χ2v) is 7.63. The van der Waals surface area contributed by atoms with Crippen molar-refractivity contribution >= 4 is 38.7 Å². The van der Waals surface area contributed by atoms with E-state index in [1.54, 1.807) is 36.4 Å². The summed E-state index contributed by atoms with van der Waals surface area (Å²) < 4.78 is 23.6. The van der Waals surface area contributed by atoms with Gasteiger partial charge in [0, 0.05) is 16.3 Å². The van der Waals surface area contributed by atoms with E-state index < -0.39 is 9.84 Å². The molecule has 112 valence electrons. The van der Waals surface area contributed by atoms with Crippen LogP contribution in [0.4, 0.5) is 5.69 Å². The predicted octanol–water partition coefficient (Wildman–Crippen LogP) is 4.57. The van der Waals surface area contributed by atoms with E-state index in [1.807, 2.05) is 13.0 Å². The second kappa shape index (κ2) is 6.26. The van der Waals surface area contributed by atoms with Crippen molar-refractivity contribution in [2.75, 3.05) is 11.6 Å². The Bertz CT molecular complexity index is 760. The SMILES string of the molecule is CC(Nc1ccccc1S(C)(=O)=O)c1ccc(Cl)cc1Cl. The highest BCUT2D eigenvalue weighted by molar-refractivity contribution is 7.90. The molecule has 0 aliphatic heterocycles. The molecule has 0 bridgehead atoms. The topological polar surface area (TPSA) is 46.2 Å². The van der Waals surface area contributed by atoms with E-state index in [-0.39, 0.29) is 10.9 Å². The van der Waals surface area contributed by atoms with E-state index in [0.717, 1.165) is 5.56 Å². The third-order valence-corrected chi connectivity index (χ3v) is 4.80. The van der Waals surface area contributed by atoms with Gasteiger partial charge in [0.25, 0.3) is 0 Å². The Morgan fingerprint density at radius 2 is 1.76 bits per heavy atom. The maximum atomic E-state index is 11.8. The standard InChI is InChI=1S/C15H15Cl2NO2S/c1-10(12-8-7-11(16)9-13(12)17)18-14-5-3-4-6-15(14)21(2,19)20/h3-10,18H,1-2H3. The average molecular weight is 344 g/mol. The Morgan fingerprint density at radius 3 is 2.38 bits per heavy atom. The van der Waals surface area contributed by atoms with Crippen LogP contribution in [0.2, 0.25) is 10.0 Å². The van der Waals surface area contributed by atoms with Crippen molar-refractivity contribution in [1.29, 1.82) is 0 Å². The zero-order chi connectivity index (χ0) is 15.6. The molecule has 1 N–H and O–H groups in total. The number of halogens is 2. The van der Waals surface area contributed by atoms with Crippen LogP contribution in [-0.2, 0) is 9.84 Å². The lowest BCUT2D eigenvalue weighted by atomic mass is 10.1. The summed E-state index contributed by atoms with van der Waals surface area (Å²) in [5.41, 5.74) is 1.41. The van der Waals surface area contributed by atoms with Gasteiger partial charge < -0.3 is 5.32 Å². The minimum absolute atomic E-state index is 0.155. The summed E-state index contributed by atoms with van der Waals surface area (Å²) in [4.78, 5) is 0.266. The molecule has 0 saturated carbocycles. The molecule has 0 aliphatic carbocycles. The minimum atomic E-state index is -3.29. The summed E-state index contributed by atoms with van der Waals surface area (Å²) in [6.45, 7) is 1.91. The highest BCUT2D eigenvalue weighted by Gasteiger charge is 2.16. The summed E-state index contributed by atoms with van der Waals surface area (Å²) in [6.07, 6.45) is 1.19. The molecule has 2 rings (SSSR count). The summed E-state index contributed by atoms with van der Waals surface area (Å²) >= 11 is 12.1. The molecular weight excluding hydrogens is 329 g/mol. The fraction of sp³-hybridized carbons (Fsp3) is 0.200. The fourth-order valence-corrected chi connectivity index (χ4v) is 3.50. The minimum Gasteiger partial charge on any atom is -0.377 e. The molecular formula is C15H15Cl2NO2S. The third kappa shape index (κ3) is 3.90. The van der Waals surface area contributed by atoms with E-state index in [4.69, 9.17) is 23.2 Å². The van der Waals surface area contributed by atoms with Gasteiger partial charge in [0.05, 0.1) is 16.6 Å². The fourth-order valence-electron chi connectivity index (χ4n) is 2.07. The van der Waals surface area contributed by atoms with Crippen LogP contribution < -0.4 is 5.32 Å². The van der Waals surface area contributed by atoms with Crippen molar-refractivity contribution in [3.05, 3.63) is 58.1 Å². The van der Waals surface area contributed by atoms with Crippen LogP contribution in [0, 0.1) is 0 Å². The van der Waals surface area contributed by atoms with E-state index >= 15 is 0 Å². The summed E-state index contributed by atoms with van der Waals surface area (Å²) in [5.74, 6) is 0. The number of hydrogen-bond donors (Lipinski definition) is 1. The molecule has 3 nitrogen and oxygen atoms in total. The largest absolute Gasteiger partial charge is 0.377 e. The first kappa shape index (κ1) is 16.1. The van der Waals surface area contributed by atoms with Crippen LogP contribution in [0.3, 0.4) is 0 Å². The van der Waals surface area contributed by atoms with Gasteiger partial charge in [0.2, 0.25) is 0 Å². The monoisotopic (exact) mass is 343 g/mol. The molecule has 6 heteroatoms. The van der Waals surface area contributed by atoms with Crippen LogP contribution in [0.5, 0.6) is 0 Å². The molecule has 0 amide bonds. The van der Waals surface area contributed by atoms with Crippen molar-refractivity contribution < 1.29 is 8.42 Å². The van der Waals surface area contributed by atoms with Gasteiger partial charge in [0.1, 0.15) is 0 Å². The van der Waals surface area contributed by atoms with Gasteiger partial charge in [-0.15, -0.1) is 0 Å². The Kier molecular flexibility index (Phi) is 4.81. The van der Waals surface area contributed by atoms with Crippen molar-refractivity contribution in [3.8, 4) is 0 Å². The Morgan fingerprint density at radius 1 is 1.10 bits per heavy atom. The predicted molar refractivity (Wildman–Crippen MR) is 88.1 cm³/mol.